The quantitative estimate of drug-likeness (QED) is 0.335. The highest BCUT2D eigenvalue weighted by molar-refractivity contribution is 7.15. The number of aromatic nitrogens is 5. The molecule has 182 valence electrons. The fourth-order valence-electron chi connectivity index (χ4n) is 4.37. The maximum Gasteiger partial charge on any atom is 0.291 e. The van der Waals surface area contributed by atoms with Crippen LogP contribution < -0.4 is 14.8 Å². The number of fused-ring (bicyclic) bond motifs is 1. The third-order valence-electron chi connectivity index (χ3n) is 6.29. The summed E-state index contributed by atoms with van der Waals surface area (Å²) in [5.74, 6) is 1.37. The van der Waals surface area contributed by atoms with Crippen LogP contribution in [0.25, 0.3) is 39.4 Å². The van der Waals surface area contributed by atoms with Gasteiger partial charge in [0.1, 0.15) is 11.4 Å². The second-order valence-corrected chi connectivity index (χ2v) is 9.77. The van der Waals surface area contributed by atoms with Gasteiger partial charge < -0.3 is 4.74 Å². The Morgan fingerprint density at radius 3 is 2.43 bits per heavy atom. The molecule has 8 heteroatoms. The Morgan fingerprint density at radius 1 is 0.919 bits per heavy atom. The van der Waals surface area contributed by atoms with Crippen molar-refractivity contribution < 1.29 is 4.74 Å². The zero-order valence-electron chi connectivity index (χ0n) is 20.5. The molecule has 6 aromatic rings. The van der Waals surface area contributed by atoms with Crippen LogP contribution in [0.1, 0.15) is 16.7 Å². The van der Waals surface area contributed by atoms with E-state index in [4.69, 9.17) is 9.84 Å². The van der Waals surface area contributed by atoms with Crippen molar-refractivity contribution in [2.24, 2.45) is 0 Å². The van der Waals surface area contributed by atoms with Gasteiger partial charge >= 0.3 is 0 Å². The number of aryl methyl sites for hydroxylation is 2. The largest absolute Gasteiger partial charge is 0.496 e. The average molecular weight is 506 g/mol. The molecule has 37 heavy (non-hydrogen) atoms. The van der Waals surface area contributed by atoms with Gasteiger partial charge in [-0.2, -0.15) is 14.6 Å². The molecule has 0 aliphatic carbocycles. The zero-order chi connectivity index (χ0) is 25.5. The molecule has 0 aliphatic rings. The number of nitrogens with zero attached hydrogens (tertiary/aromatic N) is 5. The Bertz CT molecular complexity index is 1870. The number of para-hydroxylation sites is 1. The van der Waals surface area contributed by atoms with Crippen molar-refractivity contribution in [3.8, 4) is 34.1 Å². The van der Waals surface area contributed by atoms with Crippen LogP contribution in [0.15, 0.2) is 83.8 Å². The van der Waals surface area contributed by atoms with Gasteiger partial charge in [0.15, 0.2) is 5.82 Å². The van der Waals surface area contributed by atoms with Crippen molar-refractivity contribution in [3.05, 3.63) is 111 Å². The number of hydrogen-bond donors (Lipinski definition) is 0. The van der Waals surface area contributed by atoms with Crippen LogP contribution >= 0.6 is 11.3 Å². The van der Waals surface area contributed by atoms with Gasteiger partial charge in [-0.25, -0.2) is 4.68 Å². The van der Waals surface area contributed by atoms with Crippen LogP contribution in [0.4, 0.5) is 0 Å². The molecule has 0 atom stereocenters. The second-order valence-electron chi connectivity index (χ2n) is 8.76. The third-order valence-corrected chi connectivity index (χ3v) is 7.25. The lowest BCUT2D eigenvalue weighted by atomic mass is 10.0. The highest BCUT2D eigenvalue weighted by atomic mass is 32.1. The molecule has 0 amide bonds. The first kappa shape index (κ1) is 22.9. The van der Waals surface area contributed by atoms with Gasteiger partial charge in [-0.15, -0.1) is 5.10 Å². The maximum absolute atomic E-state index is 13.3. The number of rotatable bonds is 5. The van der Waals surface area contributed by atoms with Gasteiger partial charge in [0, 0.05) is 22.9 Å². The molecule has 0 spiro atoms. The Hall–Kier alpha value is -4.56. The molecule has 3 aromatic carbocycles. The third kappa shape index (κ3) is 4.11. The summed E-state index contributed by atoms with van der Waals surface area (Å²) in [5.41, 5.74) is 6.26. The van der Waals surface area contributed by atoms with Gasteiger partial charge in [0.25, 0.3) is 5.56 Å². The Balaban J connectivity index is 1.50. The van der Waals surface area contributed by atoms with E-state index in [0.29, 0.717) is 15.3 Å². The molecule has 0 fully saturated rings. The smallest absolute Gasteiger partial charge is 0.291 e. The summed E-state index contributed by atoms with van der Waals surface area (Å²) in [7, 11) is 1.66. The molecule has 0 unspecified atom stereocenters. The minimum atomic E-state index is -0.198. The standard InChI is InChI=1S/C29H23N5O2S/c1-18-9-7-8-12-23(18)27-30-29-34(32-27)28(35)25(37-29)16-21-17-33(22-10-5-4-6-11-22)31-26(21)20-13-14-24(36-3)19(2)15-20/h4-17H,1-3H3. The van der Waals surface area contributed by atoms with Crippen molar-refractivity contribution in [2.75, 3.05) is 7.11 Å². The number of methoxy groups -OCH3 is 1. The molecule has 0 saturated heterocycles. The lowest BCUT2D eigenvalue weighted by Gasteiger charge is -2.06. The molecular weight excluding hydrogens is 482 g/mol. The summed E-state index contributed by atoms with van der Waals surface area (Å²) < 4.78 is 9.20. The van der Waals surface area contributed by atoms with Gasteiger partial charge in [-0.3, -0.25) is 4.79 Å². The highest BCUT2D eigenvalue weighted by Crippen LogP contribution is 2.29. The number of thiazole rings is 1. The molecular formula is C29H23N5O2S. The van der Waals surface area contributed by atoms with Crippen molar-refractivity contribution in [2.45, 2.75) is 13.8 Å². The number of benzene rings is 3. The Labute approximate surface area is 216 Å². The Kier molecular flexibility index (Phi) is 5.65. The summed E-state index contributed by atoms with van der Waals surface area (Å²) >= 11 is 1.32. The predicted molar refractivity (Wildman–Crippen MR) is 146 cm³/mol. The van der Waals surface area contributed by atoms with E-state index in [0.717, 1.165) is 44.9 Å². The lowest BCUT2D eigenvalue weighted by molar-refractivity contribution is 0.412. The number of ether oxygens (including phenoxy) is 1. The fourth-order valence-corrected chi connectivity index (χ4v) is 5.27. The second kappa shape index (κ2) is 9.15. The summed E-state index contributed by atoms with van der Waals surface area (Å²) in [6, 6.07) is 23.8. The van der Waals surface area contributed by atoms with Crippen LogP contribution in [-0.4, -0.2) is 31.5 Å². The van der Waals surface area contributed by atoms with E-state index in [-0.39, 0.29) is 5.56 Å². The zero-order valence-corrected chi connectivity index (χ0v) is 21.4. The van der Waals surface area contributed by atoms with Crippen LogP contribution in [0.5, 0.6) is 5.75 Å². The first-order valence-electron chi connectivity index (χ1n) is 11.8. The highest BCUT2D eigenvalue weighted by Gasteiger charge is 2.16. The van der Waals surface area contributed by atoms with Crippen molar-refractivity contribution in [1.82, 2.24) is 24.4 Å². The molecule has 3 heterocycles. The monoisotopic (exact) mass is 505 g/mol. The summed E-state index contributed by atoms with van der Waals surface area (Å²) in [6.07, 6.45) is 3.82. The topological polar surface area (TPSA) is 74.3 Å². The molecule has 0 aliphatic heterocycles. The summed E-state index contributed by atoms with van der Waals surface area (Å²) in [5, 5.41) is 9.41. The molecule has 0 bridgehead atoms. The normalized spacial score (nSPS) is 11.9. The van der Waals surface area contributed by atoms with Gasteiger partial charge in [-0.1, -0.05) is 53.8 Å². The SMILES string of the molecule is COc1ccc(-c2nn(-c3ccccc3)cc2C=c2sc3nc(-c4ccccc4C)nn3c2=O)cc1C. The van der Waals surface area contributed by atoms with E-state index in [9.17, 15) is 4.79 Å². The van der Waals surface area contributed by atoms with Crippen LogP contribution in [0.3, 0.4) is 0 Å². The molecule has 0 saturated carbocycles. The lowest BCUT2D eigenvalue weighted by Crippen LogP contribution is -2.23. The van der Waals surface area contributed by atoms with Crippen molar-refractivity contribution in [3.63, 3.8) is 0 Å². The molecule has 6 rings (SSSR count). The molecule has 0 radical (unpaired) electrons. The van der Waals surface area contributed by atoms with E-state index < -0.39 is 0 Å². The first-order chi connectivity index (χ1) is 18.0. The summed E-state index contributed by atoms with van der Waals surface area (Å²) in [4.78, 5) is 18.5. The van der Waals surface area contributed by atoms with Crippen LogP contribution in [-0.2, 0) is 0 Å². The van der Waals surface area contributed by atoms with Gasteiger partial charge in [0.2, 0.25) is 4.96 Å². The van der Waals surface area contributed by atoms with Crippen LogP contribution in [0.2, 0.25) is 0 Å². The van der Waals surface area contributed by atoms with E-state index >= 15 is 0 Å². The van der Waals surface area contributed by atoms with E-state index in [1.54, 1.807) is 7.11 Å². The fraction of sp³-hybridized carbons (Fsp3) is 0.103. The molecule has 3 aromatic heterocycles. The molecule has 0 N–H and O–H groups in total. The maximum atomic E-state index is 13.3. The van der Waals surface area contributed by atoms with E-state index in [1.165, 1.54) is 15.9 Å². The summed E-state index contributed by atoms with van der Waals surface area (Å²) in [6.45, 7) is 4.01. The van der Waals surface area contributed by atoms with E-state index in [2.05, 4.69) is 10.1 Å². The van der Waals surface area contributed by atoms with Gasteiger partial charge in [0.05, 0.1) is 17.3 Å². The Morgan fingerprint density at radius 2 is 1.70 bits per heavy atom. The molecule has 7 nitrogen and oxygen atoms in total. The van der Waals surface area contributed by atoms with E-state index in [1.807, 2.05) is 104 Å². The van der Waals surface area contributed by atoms with Crippen molar-refractivity contribution >= 4 is 22.4 Å². The first-order valence-corrected chi connectivity index (χ1v) is 12.6. The van der Waals surface area contributed by atoms with Crippen LogP contribution in [0, 0.1) is 13.8 Å². The minimum absolute atomic E-state index is 0.198. The minimum Gasteiger partial charge on any atom is -0.496 e. The predicted octanol–water partition coefficient (Wildman–Crippen LogP) is 4.84. The van der Waals surface area contributed by atoms with Gasteiger partial charge in [-0.05, 0) is 61.4 Å². The average Bonchev–Trinajstić information content (AvgIpc) is 3.60. The number of hydrogen-bond acceptors (Lipinski definition) is 6. The van der Waals surface area contributed by atoms with Crippen molar-refractivity contribution in [1.29, 1.82) is 0 Å².